The SMILES string of the molecule is CC(NCCOC1CCCC1)C(N)=NO. The van der Waals surface area contributed by atoms with Gasteiger partial charge >= 0.3 is 0 Å². The molecule has 0 aromatic carbocycles. The molecule has 1 atom stereocenters. The number of nitrogens with one attached hydrogen (secondary N) is 1. The summed E-state index contributed by atoms with van der Waals surface area (Å²) in [7, 11) is 0. The van der Waals surface area contributed by atoms with Crippen molar-refractivity contribution in [1.82, 2.24) is 5.32 Å². The third-order valence-electron chi connectivity index (χ3n) is 2.77. The Morgan fingerprint density at radius 1 is 1.60 bits per heavy atom. The van der Waals surface area contributed by atoms with Crippen LogP contribution in [0.4, 0.5) is 0 Å². The summed E-state index contributed by atoms with van der Waals surface area (Å²) in [4.78, 5) is 0. The fraction of sp³-hybridized carbons (Fsp3) is 0.900. The Labute approximate surface area is 90.7 Å². The first-order valence-corrected chi connectivity index (χ1v) is 5.56. The van der Waals surface area contributed by atoms with Gasteiger partial charge < -0.3 is 21.0 Å². The summed E-state index contributed by atoms with van der Waals surface area (Å²) in [5, 5.41) is 14.5. The van der Waals surface area contributed by atoms with Gasteiger partial charge in [-0.15, -0.1) is 0 Å². The van der Waals surface area contributed by atoms with Crippen molar-refractivity contribution >= 4 is 5.84 Å². The molecule has 1 unspecified atom stereocenters. The van der Waals surface area contributed by atoms with Gasteiger partial charge in [0, 0.05) is 6.54 Å². The van der Waals surface area contributed by atoms with Gasteiger partial charge in [-0.25, -0.2) is 0 Å². The van der Waals surface area contributed by atoms with E-state index in [2.05, 4.69) is 10.5 Å². The monoisotopic (exact) mass is 215 g/mol. The molecule has 4 N–H and O–H groups in total. The van der Waals surface area contributed by atoms with E-state index in [0.717, 1.165) is 6.54 Å². The molecule has 0 spiro atoms. The van der Waals surface area contributed by atoms with Crippen molar-refractivity contribution in [3.8, 4) is 0 Å². The fourth-order valence-corrected chi connectivity index (χ4v) is 1.75. The normalized spacial score (nSPS) is 20.7. The molecule has 0 bridgehead atoms. The third kappa shape index (κ3) is 4.48. The largest absolute Gasteiger partial charge is 0.409 e. The molecule has 0 amide bonds. The van der Waals surface area contributed by atoms with Crippen LogP contribution in [0.1, 0.15) is 32.6 Å². The molecule has 0 heterocycles. The molecule has 1 aliphatic carbocycles. The highest BCUT2D eigenvalue weighted by Gasteiger charge is 2.14. The van der Waals surface area contributed by atoms with Crippen molar-refractivity contribution in [3.63, 3.8) is 0 Å². The zero-order valence-corrected chi connectivity index (χ0v) is 9.28. The fourth-order valence-electron chi connectivity index (χ4n) is 1.75. The van der Waals surface area contributed by atoms with Crippen LogP contribution in [0.25, 0.3) is 0 Å². The summed E-state index contributed by atoms with van der Waals surface area (Å²) in [6, 6.07) is -0.109. The van der Waals surface area contributed by atoms with Crippen LogP contribution >= 0.6 is 0 Å². The molecule has 88 valence electrons. The van der Waals surface area contributed by atoms with E-state index in [4.69, 9.17) is 15.7 Å². The first kappa shape index (κ1) is 12.3. The Morgan fingerprint density at radius 3 is 2.87 bits per heavy atom. The van der Waals surface area contributed by atoms with Crippen LogP contribution in [0.15, 0.2) is 5.16 Å². The zero-order valence-electron chi connectivity index (χ0n) is 9.28. The van der Waals surface area contributed by atoms with Gasteiger partial charge in [-0.2, -0.15) is 0 Å². The van der Waals surface area contributed by atoms with Crippen molar-refractivity contribution in [2.45, 2.75) is 44.8 Å². The van der Waals surface area contributed by atoms with Crippen LogP contribution in [-0.4, -0.2) is 36.3 Å². The summed E-state index contributed by atoms with van der Waals surface area (Å²) in [5.41, 5.74) is 5.42. The lowest BCUT2D eigenvalue weighted by atomic mass is 10.3. The highest BCUT2D eigenvalue weighted by Crippen LogP contribution is 2.20. The molecular formula is C10H21N3O2. The number of ether oxygens (including phenoxy) is 1. The molecule has 0 aromatic rings. The molecule has 1 aliphatic rings. The molecule has 0 aliphatic heterocycles. The molecule has 15 heavy (non-hydrogen) atoms. The molecule has 5 heteroatoms. The van der Waals surface area contributed by atoms with Crippen molar-refractivity contribution in [2.24, 2.45) is 10.9 Å². The first-order chi connectivity index (χ1) is 7.24. The van der Waals surface area contributed by atoms with Crippen LogP contribution in [0.2, 0.25) is 0 Å². The second-order valence-electron chi connectivity index (χ2n) is 3.98. The standard InChI is InChI=1S/C10H21N3O2/c1-8(10(11)13-14)12-6-7-15-9-4-2-3-5-9/h8-9,12,14H,2-7H2,1H3,(H2,11,13). The second kappa shape index (κ2) is 6.63. The van der Waals surface area contributed by atoms with Crippen LogP contribution in [0.5, 0.6) is 0 Å². The topological polar surface area (TPSA) is 79.9 Å². The molecule has 0 aromatic heterocycles. The number of nitrogens with zero attached hydrogens (tertiary/aromatic N) is 1. The minimum absolute atomic E-state index is 0.109. The average Bonchev–Trinajstić information content (AvgIpc) is 2.75. The molecule has 0 saturated heterocycles. The van der Waals surface area contributed by atoms with E-state index in [1.54, 1.807) is 0 Å². The van der Waals surface area contributed by atoms with Gasteiger partial charge in [0.15, 0.2) is 5.84 Å². The first-order valence-electron chi connectivity index (χ1n) is 5.56. The van der Waals surface area contributed by atoms with Gasteiger partial charge in [-0.1, -0.05) is 18.0 Å². The highest BCUT2D eigenvalue weighted by molar-refractivity contribution is 5.84. The highest BCUT2D eigenvalue weighted by atomic mass is 16.5. The maximum atomic E-state index is 8.43. The zero-order chi connectivity index (χ0) is 11.1. The maximum Gasteiger partial charge on any atom is 0.156 e. The maximum absolute atomic E-state index is 8.43. The van der Waals surface area contributed by atoms with E-state index < -0.39 is 0 Å². The van der Waals surface area contributed by atoms with Crippen molar-refractivity contribution < 1.29 is 9.94 Å². The van der Waals surface area contributed by atoms with E-state index in [-0.39, 0.29) is 11.9 Å². The number of hydrogen-bond acceptors (Lipinski definition) is 4. The predicted octanol–water partition coefficient (Wildman–Crippen LogP) is 0.670. The van der Waals surface area contributed by atoms with Gasteiger partial charge in [-0.05, 0) is 19.8 Å². The summed E-state index contributed by atoms with van der Waals surface area (Å²) in [5.74, 6) is 0.205. The number of amidine groups is 1. The lowest BCUT2D eigenvalue weighted by Crippen LogP contribution is -2.40. The van der Waals surface area contributed by atoms with E-state index in [1.807, 2.05) is 6.92 Å². The summed E-state index contributed by atoms with van der Waals surface area (Å²) < 4.78 is 5.66. The van der Waals surface area contributed by atoms with Gasteiger partial charge in [0.05, 0.1) is 18.8 Å². The van der Waals surface area contributed by atoms with Gasteiger partial charge in [0.2, 0.25) is 0 Å². The molecule has 5 nitrogen and oxygen atoms in total. The summed E-state index contributed by atoms with van der Waals surface area (Å²) in [6.45, 7) is 3.27. The Balaban J connectivity index is 2.00. The van der Waals surface area contributed by atoms with E-state index in [0.29, 0.717) is 12.7 Å². The minimum Gasteiger partial charge on any atom is -0.409 e. The number of hydrogen-bond donors (Lipinski definition) is 3. The number of oxime groups is 1. The lowest BCUT2D eigenvalue weighted by molar-refractivity contribution is 0.0600. The minimum atomic E-state index is -0.109. The molecule has 1 saturated carbocycles. The Morgan fingerprint density at radius 2 is 2.27 bits per heavy atom. The van der Waals surface area contributed by atoms with E-state index >= 15 is 0 Å². The molecule has 1 rings (SSSR count). The predicted molar refractivity (Wildman–Crippen MR) is 59.1 cm³/mol. The number of nitrogens with two attached hydrogens (primary N) is 1. The smallest absolute Gasteiger partial charge is 0.156 e. The van der Waals surface area contributed by atoms with Crippen LogP contribution < -0.4 is 11.1 Å². The molecule has 1 fully saturated rings. The molecular weight excluding hydrogens is 194 g/mol. The van der Waals surface area contributed by atoms with Crippen LogP contribution in [-0.2, 0) is 4.74 Å². The van der Waals surface area contributed by atoms with Crippen molar-refractivity contribution in [3.05, 3.63) is 0 Å². The second-order valence-corrected chi connectivity index (χ2v) is 3.98. The Kier molecular flexibility index (Phi) is 5.42. The number of rotatable bonds is 6. The Hall–Kier alpha value is -0.810. The van der Waals surface area contributed by atoms with Crippen molar-refractivity contribution in [2.75, 3.05) is 13.2 Å². The third-order valence-corrected chi connectivity index (χ3v) is 2.77. The van der Waals surface area contributed by atoms with Gasteiger partial charge in [0.25, 0.3) is 0 Å². The van der Waals surface area contributed by atoms with E-state index in [9.17, 15) is 0 Å². The average molecular weight is 215 g/mol. The lowest BCUT2D eigenvalue weighted by Gasteiger charge is -2.14. The van der Waals surface area contributed by atoms with Gasteiger partial charge in [-0.3, -0.25) is 0 Å². The van der Waals surface area contributed by atoms with Gasteiger partial charge in [0.1, 0.15) is 0 Å². The van der Waals surface area contributed by atoms with Crippen molar-refractivity contribution in [1.29, 1.82) is 0 Å². The van der Waals surface area contributed by atoms with E-state index in [1.165, 1.54) is 25.7 Å². The Bertz CT molecular complexity index is 203. The van der Waals surface area contributed by atoms with Crippen LogP contribution in [0.3, 0.4) is 0 Å². The van der Waals surface area contributed by atoms with Crippen LogP contribution in [0, 0.1) is 0 Å². The quantitative estimate of drug-likeness (QED) is 0.200. The molecule has 0 radical (unpaired) electrons. The summed E-state index contributed by atoms with van der Waals surface area (Å²) >= 11 is 0. The summed E-state index contributed by atoms with van der Waals surface area (Å²) in [6.07, 6.45) is 5.41.